The number of hydrazone groups is 1. The fourth-order valence-corrected chi connectivity index (χ4v) is 1.30. The van der Waals surface area contributed by atoms with E-state index in [4.69, 9.17) is 10.5 Å². The van der Waals surface area contributed by atoms with Crippen molar-refractivity contribution in [2.75, 3.05) is 5.43 Å². The molecule has 0 aliphatic heterocycles. The van der Waals surface area contributed by atoms with Gasteiger partial charge in [0.1, 0.15) is 5.60 Å². The summed E-state index contributed by atoms with van der Waals surface area (Å²) in [5.41, 5.74) is 7.75. The van der Waals surface area contributed by atoms with Gasteiger partial charge in [0.05, 0.1) is 6.42 Å². The van der Waals surface area contributed by atoms with Crippen molar-refractivity contribution in [3.8, 4) is 0 Å². The molecular weight excluding hydrogens is 274 g/mol. The van der Waals surface area contributed by atoms with Crippen molar-refractivity contribution in [1.29, 1.82) is 0 Å². The van der Waals surface area contributed by atoms with E-state index in [1.807, 2.05) is 0 Å². The van der Waals surface area contributed by atoms with Gasteiger partial charge in [-0.05, 0) is 39.8 Å². The number of anilines is 1. The van der Waals surface area contributed by atoms with E-state index in [0.717, 1.165) is 0 Å². The highest BCUT2D eigenvalue weighted by Gasteiger charge is 2.16. The number of esters is 1. The number of carbonyl (C=O) groups is 2. The zero-order valence-electron chi connectivity index (χ0n) is 12.5. The Morgan fingerprint density at radius 1 is 1.33 bits per heavy atom. The van der Waals surface area contributed by atoms with Crippen molar-refractivity contribution in [3.63, 3.8) is 0 Å². The number of nitrogens with two attached hydrogens (primary N) is 1. The Morgan fingerprint density at radius 2 is 2.00 bits per heavy atom. The van der Waals surface area contributed by atoms with Gasteiger partial charge in [0.25, 0.3) is 5.91 Å². The molecule has 0 saturated heterocycles. The Labute approximate surface area is 122 Å². The van der Waals surface area contributed by atoms with Gasteiger partial charge in [0.2, 0.25) is 0 Å². The molecule has 0 spiro atoms. The van der Waals surface area contributed by atoms with Crippen LogP contribution in [0.25, 0.3) is 0 Å². The molecule has 1 amide bonds. The van der Waals surface area contributed by atoms with Gasteiger partial charge in [0, 0.05) is 5.71 Å². The van der Waals surface area contributed by atoms with Crippen molar-refractivity contribution in [3.05, 3.63) is 17.8 Å². The van der Waals surface area contributed by atoms with Crippen LogP contribution in [0, 0.1) is 0 Å². The van der Waals surface area contributed by atoms with Crippen molar-refractivity contribution >= 4 is 23.4 Å². The molecule has 0 aliphatic rings. The summed E-state index contributed by atoms with van der Waals surface area (Å²) < 4.78 is 5.18. The second-order valence-corrected chi connectivity index (χ2v) is 5.39. The first kappa shape index (κ1) is 16.5. The molecule has 1 aromatic rings. The summed E-state index contributed by atoms with van der Waals surface area (Å²) in [6.45, 7) is 7.07. The molecule has 0 bridgehead atoms. The lowest BCUT2D eigenvalue weighted by atomic mass is 10.2. The van der Waals surface area contributed by atoms with Crippen LogP contribution in [0.3, 0.4) is 0 Å². The van der Waals surface area contributed by atoms with Gasteiger partial charge in [-0.25, -0.2) is 0 Å². The quantitative estimate of drug-likeness (QED) is 0.476. The number of rotatable bonds is 5. The summed E-state index contributed by atoms with van der Waals surface area (Å²) in [5, 5.41) is 11.3. The first-order chi connectivity index (χ1) is 9.67. The zero-order valence-corrected chi connectivity index (χ0v) is 12.5. The second-order valence-electron chi connectivity index (χ2n) is 5.39. The lowest BCUT2D eigenvalue weighted by molar-refractivity contribution is -0.153. The monoisotopic (exact) mass is 293 g/mol. The summed E-state index contributed by atoms with van der Waals surface area (Å²) in [7, 11) is 0. The zero-order chi connectivity index (χ0) is 16.0. The number of amides is 1. The van der Waals surface area contributed by atoms with Gasteiger partial charge in [-0.1, -0.05) is 0 Å². The van der Waals surface area contributed by atoms with E-state index in [1.54, 1.807) is 27.7 Å². The van der Waals surface area contributed by atoms with Gasteiger partial charge >= 0.3 is 5.97 Å². The molecule has 1 rings (SSSR count). The van der Waals surface area contributed by atoms with E-state index in [1.165, 1.54) is 12.1 Å². The standard InChI is InChI=1S/C13H19N5O3/c1-8(7-11(19)21-13(2,3)4)15-17-10-6-5-9(12(14)20)16-18-10/h5-6H,7H2,1-4H3,(H2,14,20)(H,17,18)/b15-8-. The minimum absolute atomic E-state index is 0.0648. The molecule has 0 aromatic carbocycles. The topological polar surface area (TPSA) is 120 Å². The molecule has 8 heteroatoms. The summed E-state index contributed by atoms with van der Waals surface area (Å²) in [5.74, 6) is -0.678. The second kappa shape index (κ2) is 6.78. The largest absolute Gasteiger partial charge is 0.460 e. The van der Waals surface area contributed by atoms with Crippen LogP contribution in [0.5, 0.6) is 0 Å². The molecule has 114 valence electrons. The van der Waals surface area contributed by atoms with E-state index in [2.05, 4.69) is 20.7 Å². The number of ether oxygens (including phenoxy) is 1. The Kier molecular flexibility index (Phi) is 5.34. The number of hydrogen-bond donors (Lipinski definition) is 2. The number of nitrogens with zero attached hydrogens (tertiary/aromatic N) is 3. The fourth-order valence-electron chi connectivity index (χ4n) is 1.30. The van der Waals surface area contributed by atoms with Crippen LogP contribution < -0.4 is 11.2 Å². The van der Waals surface area contributed by atoms with Crippen molar-refractivity contribution in [2.45, 2.75) is 39.7 Å². The molecule has 0 radical (unpaired) electrons. The van der Waals surface area contributed by atoms with Crippen LogP contribution in [0.1, 0.15) is 44.6 Å². The maximum absolute atomic E-state index is 11.6. The molecule has 1 aromatic heterocycles. The van der Waals surface area contributed by atoms with E-state index < -0.39 is 11.5 Å². The van der Waals surface area contributed by atoms with Crippen LogP contribution in [0.4, 0.5) is 5.82 Å². The number of aromatic nitrogens is 2. The van der Waals surface area contributed by atoms with E-state index in [-0.39, 0.29) is 18.1 Å². The molecule has 3 N–H and O–H groups in total. The third-order valence-corrected chi connectivity index (χ3v) is 2.10. The lowest BCUT2D eigenvalue weighted by Gasteiger charge is -2.19. The fraction of sp³-hybridized carbons (Fsp3) is 0.462. The Hall–Kier alpha value is -2.51. The molecule has 8 nitrogen and oxygen atoms in total. The smallest absolute Gasteiger partial charge is 0.312 e. The van der Waals surface area contributed by atoms with Gasteiger partial charge in [-0.15, -0.1) is 10.2 Å². The van der Waals surface area contributed by atoms with E-state index in [9.17, 15) is 9.59 Å². The predicted molar refractivity (Wildman–Crippen MR) is 77.7 cm³/mol. The van der Waals surface area contributed by atoms with E-state index >= 15 is 0 Å². The molecule has 0 saturated carbocycles. The molecule has 0 unspecified atom stereocenters. The Bertz CT molecular complexity index is 546. The summed E-state index contributed by atoms with van der Waals surface area (Å²) in [6, 6.07) is 2.94. The molecule has 21 heavy (non-hydrogen) atoms. The summed E-state index contributed by atoms with van der Waals surface area (Å²) in [4.78, 5) is 22.4. The summed E-state index contributed by atoms with van der Waals surface area (Å²) in [6.07, 6.45) is 0.0665. The molecule has 1 heterocycles. The van der Waals surface area contributed by atoms with Gasteiger partial charge < -0.3 is 10.5 Å². The first-order valence-corrected chi connectivity index (χ1v) is 6.32. The van der Waals surface area contributed by atoms with Crippen LogP contribution >= 0.6 is 0 Å². The number of carbonyl (C=O) groups excluding carboxylic acids is 2. The maximum atomic E-state index is 11.6. The molecule has 0 aliphatic carbocycles. The summed E-state index contributed by atoms with van der Waals surface area (Å²) >= 11 is 0. The van der Waals surface area contributed by atoms with Gasteiger partial charge in [-0.2, -0.15) is 5.10 Å². The third-order valence-electron chi connectivity index (χ3n) is 2.10. The van der Waals surface area contributed by atoms with Crippen LogP contribution in [0.15, 0.2) is 17.2 Å². The molecular formula is C13H19N5O3. The molecule has 0 fully saturated rings. The predicted octanol–water partition coefficient (Wildman–Crippen LogP) is 1.10. The SMILES string of the molecule is C/C(CC(=O)OC(C)(C)C)=N/Nc1ccc(C(N)=O)nn1. The van der Waals surface area contributed by atoms with Crippen molar-refractivity contribution in [1.82, 2.24) is 10.2 Å². The minimum atomic E-state index is -0.654. The maximum Gasteiger partial charge on any atom is 0.312 e. The number of nitrogens with one attached hydrogen (secondary N) is 1. The Balaban J connectivity index is 2.55. The van der Waals surface area contributed by atoms with E-state index in [0.29, 0.717) is 11.5 Å². The first-order valence-electron chi connectivity index (χ1n) is 6.32. The van der Waals surface area contributed by atoms with Crippen molar-refractivity contribution < 1.29 is 14.3 Å². The van der Waals surface area contributed by atoms with Gasteiger partial charge in [-0.3, -0.25) is 15.0 Å². The minimum Gasteiger partial charge on any atom is -0.460 e. The highest BCUT2D eigenvalue weighted by molar-refractivity contribution is 5.97. The van der Waals surface area contributed by atoms with Gasteiger partial charge in [0.15, 0.2) is 11.5 Å². The number of hydrogen-bond acceptors (Lipinski definition) is 7. The average Bonchev–Trinajstić information content (AvgIpc) is 2.34. The lowest BCUT2D eigenvalue weighted by Crippen LogP contribution is -2.25. The molecule has 0 atom stereocenters. The van der Waals surface area contributed by atoms with Crippen molar-refractivity contribution in [2.24, 2.45) is 10.8 Å². The highest BCUT2D eigenvalue weighted by atomic mass is 16.6. The Morgan fingerprint density at radius 3 is 2.48 bits per heavy atom. The average molecular weight is 293 g/mol. The van der Waals surface area contributed by atoms with Crippen LogP contribution in [0.2, 0.25) is 0 Å². The van der Waals surface area contributed by atoms with Crippen LogP contribution in [-0.4, -0.2) is 33.4 Å². The normalized spacial score (nSPS) is 11.9. The highest BCUT2D eigenvalue weighted by Crippen LogP contribution is 2.09. The third kappa shape index (κ3) is 6.46. The number of primary amides is 1. The van der Waals surface area contributed by atoms with Crippen LogP contribution in [-0.2, 0) is 9.53 Å².